The summed E-state index contributed by atoms with van der Waals surface area (Å²) in [6, 6.07) is 6.64. The van der Waals surface area contributed by atoms with Gasteiger partial charge in [0.2, 0.25) is 10.0 Å². The summed E-state index contributed by atoms with van der Waals surface area (Å²) in [5.74, 6) is 0.527. The van der Waals surface area contributed by atoms with Crippen LogP contribution in [0.3, 0.4) is 0 Å². The van der Waals surface area contributed by atoms with E-state index in [-0.39, 0.29) is 4.90 Å². The third kappa shape index (κ3) is 3.74. The van der Waals surface area contributed by atoms with Crippen LogP contribution in [0, 0.1) is 0 Å². The lowest BCUT2D eigenvalue weighted by atomic mass is 10.2. The Morgan fingerprint density at radius 3 is 2.74 bits per heavy atom. The normalized spacial score (nSPS) is 16.0. The second-order valence-corrected chi connectivity index (χ2v) is 7.37. The van der Waals surface area contributed by atoms with Gasteiger partial charge >= 0.3 is 0 Å². The number of sulfonamides is 1. The fourth-order valence-corrected chi connectivity index (χ4v) is 3.77. The van der Waals surface area contributed by atoms with Gasteiger partial charge in [-0.25, -0.2) is 17.8 Å². The molecule has 124 valence electrons. The molecule has 1 N–H and O–H groups in total. The predicted octanol–water partition coefficient (Wildman–Crippen LogP) is 0.251. The maximum Gasteiger partial charge on any atom is 0.240 e. The van der Waals surface area contributed by atoms with Crippen LogP contribution in [-0.2, 0) is 17.1 Å². The lowest BCUT2D eigenvalue weighted by molar-refractivity contribution is 0.344. The molecule has 0 saturated carbocycles. The average molecular weight is 336 g/mol. The van der Waals surface area contributed by atoms with Gasteiger partial charge in [0.05, 0.1) is 4.90 Å². The first-order chi connectivity index (χ1) is 11.1. The number of hydrogen-bond acceptors (Lipinski definition) is 6. The van der Waals surface area contributed by atoms with Crippen LogP contribution in [-0.4, -0.2) is 59.7 Å². The Morgan fingerprint density at radius 2 is 2.04 bits per heavy atom. The third-order valence-electron chi connectivity index (χ3n) is 3.94. The van der Waals surface area contributed by atoms with Crippen LogP contribution in [0.15, 0.2) is 29.2 Å². The van der Waals surface area contributed by atoms with E-state index >= 15 is 0 Å². The number of nitrogens with zero attached hydrogens (tertiary/aromatic N) is 5. The molecular formula is C14H20N6O2S. The summed E-state index contributed by atoms with van der Waals surface area (Å²) < 4.78 is 29.0. The highest BCUT2D eigenvalue weighted by atomic mass is 32.2. The molecule has 1 aromatic carbocycles. The molecule has 2 aromatic rings. The molecule has 0 aliphatic carbocycles. The van der Waals surface area contributed by atoms with Gasteiger partial charge in [-0.15, -0.1) is 5.10 Å². The molecule has 23 heavy (non-hydrogen) atoms. The minimum atomic E-state index is -3.53. The van der Waals surface area contributed by atoms with Gasteiger partial charge in [-0.2, -0.15) is 0 Å². The molecule has 1 aliphatic rings. The standard InChI is InChI=1S/C14H20N6O2S/c1-19-14(16-17-18-19)12-5-4-6-13(11-12)23(21,22)15-7-10-20-8-2-3-9-20/h4-6,11,15H,2-3,7-10H2,1H3. The first kappa shape index (κ1) is 16.0. The van der Waals surface area contributed by atoms with Gasteiger partial charge in [-0.3, -0.25) is 0 Å². The number of rotatable bonds is 6. The molecule has 1 saturated heterocycles. The van der Waals surface area contributed by atoms with Crippen molar-refractivity contribution in [2.24, 2.45) is 7.05 Å². The van der Waals surface area contributed by atoms with E-state index in [2.05, 4.69) is 25.1 Å². The minimum absolute atomic E-state index is 0.222. The second kappa shape index (κ2) is 6.73. The van der Waals surface area contributed by atoms with E-state index in [0.29, 0.717) is 17.9 Å². The monoisotopic (exact) mass is 336 g/mol. The molecule has 1 aliphatic heterocycles. The number of likely N-dealkylation sites (tertiary alicyclic amines) is 1. The Labute approximate surface area is 135 Å². The molecule has 1 fully saturated rings. The van der Waals surface area contributed by atoms with E-state index in [9.17, 15) is 8.42 Å². The summed E-state index contributed by atoms with van der Waals surface area (Å²) in [6.45, 7) is 3.26. The van der Waals surface area contributed by atoms with Crippen molar-refractivity contribution in [3.05, 3.63) is 24.3 Å². The molecule has 0 amide bonds. The van der Waals surface area contributed by atoms with E-state index in [1.807, 2.05) is 0 Å². The summed E-state index contributed by atoms with van der Waals surface area (Å²) in [6.07, 6.45) is 2.39. The van der Waals surface area contributed by atoms with Crippen molar-refractivity contribution in [1.82, 2.24) is 29.8 Å². The van der Waals surface area contributed by atoms with E-state index in [4.69, 9.17) is 0 Å². The van der Waals surface area contributed by atoms with E-state index in [1.54, 1.807) is 31.3 Å². The number of nitrogens with one attached hydrogen (secondary N) is 1. The van der Waals surface area contributed by atoms with Gasteiger partial charge in [0.25, 0.3) is 0 Å². The molecular weight excluding hydrogens is 316 g/mol. The Balaban J connectivity index is 1.71. The van der Waals surface area contributed by atoms with Crippen LogP contribution in [0.25, 0.3) is 11.4 Å². The van der Waals surface area contributed by atoms with Gasteiger partial charge in [0, 0.05) is 25.7 Å². The van der Waals surface area contributed by atoms with Gasteiger partial charge in [-0.05, 0) is 48.5 Å². The minimum Gasteiger partial charge on any atom is -0.302 e. The largest absolute Gasteiger partial charge is 0.302 e. The van der Waals surface area contributed by atoms with Crippen LogP contribution >= 0.6 is 0 Å². The highest BCUT2D eigenvalue weighted by molar-refractivity contribution is 7.89. The molecule has 8 nitrogen and oxygen atoms in total. The predicted molar refractivity (Wildman–Crippen MR) is 85.1 cm³/mol. The van der Waals surface area contributed by atoms with Gasteiger partial charge in [0.15, 0.2) is 5.82 Å². The van der Waals surface area contributed by atoms with Crippen LogP contribution < -0.4 is 4.72 Å². The quantitative estimate of drug-likeness (QED) is 0.813. The fourth-order valence-electron chi connectivity index (χ4n) is 2.70. The van der Waals surface area contributed by atoms with Gasteiger partial charge < -0.3 is 4.90 Å². The lowest BCUT2D eigenvalue weighted by Gasteiger charge is -2.15. The van der Waals surface area contributed by atoms with E-state index in [1.165, 1.54) is 17.5 Å². The third-order valence-corrected chi connectivity index (χ3v) is 5.40. The summed E-state index contributed by atoms with van der Waals surface area (Å²) in [4.78, 5) is 2.49. The zero-order chi connectivity index (χ0) is 16.3. The zero-order valence-corrected chi connectivity index (χ0v) is 13.8. The summed E-state index contributed by atoms with van der Waals surface area (Å²) in [5.41, 5.74) is 0.667. The van der Waals surface area contributed by atoms with Crippen molar-refractivity contribution in [2.45, 2.75) is 17.7 Å². The molecule has 2 heterocycles. The Hall–Kier alpha value is -1.84. The molecule has 0 unspecified atom stereocenters. The highest BCUT2D eigenvalue weighted by Gasteiger charge is 2.17. The maximum atomic E-state index is 12.4. The average Bonchev–Trinajstić information content (AvgIpc) is 3.19. The SMILES string of the molecule is Cn1nnnc1-c1cccc(S(=O)(=O)NCCN2CCCC2)c1. The Kier molecular flexibility index (Phi) is 4.69. The molecule has 9 heteroatoms. The zero-order valence-electron chi connectivity index (χ0n) is 13.0. The maximum absolute atomic E-state index is 12.4. The number of aromatic nitrogens is 4. The molecule has 1 aromatic heterocycles. The smallest absolute Gasteiger partial charge is 0.240 e. The van der Waals surface area contributed by atoms with Crippen molar-refractivity contribution < 1.29 is 8.42 Å². The summed E-state index contributed by atoms with van der Waals surface area (Å²) >= 11 is 0. The molecule has 0 radical (unpaired) electrons. The summed E-state index contributed by atoms with van der Waals surface area (Å²) in [7, 11) is -1.82. The molecule has 0 bridgehead atoms. The molecule has 3 rings (SSSR count). The van der Waals surface area contributed by atoms with E-state index in [0.717, 1.165) is 19.6 Å². The number of aryl methyl sites for hydroxylation is 1. The number of benzene rings is 1. The first-order valence-electron chi connectivity index (χ1n) is 7.61. The Morgan fingerprint density at radius 1 is 1.26 bits per heavy atom. The van der Waals surface area contributed by atoms with Crippen molar-refractivity contribution >= 4 is 10.0 Å². The second-order valence-electron chi connectivity index (χ2n) is 5.60. The van der Waals surface area contributed by atoms with E-state index < -0.39 is 10.0 Å². The summed E-state index contributed by atoms with van der Waals surface area (Å²) in [5, 5.41) is 11.2. The highest BCUT2D eigenvalue weighted by Crippen LogP contribution is 2.19. The van der Waals surface area contributed by atoms with Crippen molar-refractivity contribution in [3.63, 3.8) is 0 Å². The molecule has 0 atom stereocenters. The number of tetrazole rings is 1. The van der Waals surface area contributed by atoms with Crippen molar-refractivity contribution in [3.8, 4) is 11.4 Å². The van der Waals surface area contributed by atoms with Gasteiger partial charge in [-0.1, -0.05) is 12.1 Å². The molecule has 0 spiro atoms. The van der Waals surface area contributed by atoms with Crippen LogP contribution in [0.2, 0.25) is 0 Å². The van der Waals surface area contributed by atoms with Crippen LogP contribution in [0.1, 0.15) is 12.8 Å². The topological polar surface area (TPSA) is 93.0 Å². The first-order valence-corrected chi connectivity index (χ1v) is 9.09. The van der Waals surface area contributed by atoms with Crippen molar-refractivity contribution in [2.75, 3.05) is 26.2 Å². The van der Waals surface area contributed by atoms with Crippen LogP contribution in [0.5, 0.6) is 0 Å². The van der Waals surface area contributed by atoms with Crippen LogP contribution in [0.4, 0.5) is 0 Å². The van der Waals surface area contributed by atoms with Gasteiger partial charge in [0.1, 0.15) is 0 Å². The van der Waals surface area contributed by atoms with Crippen molar-refractivity contribution in [1.29, 1.82) is 0 Å². The Bertz CT molecular complexity index is 767. The number of hydrogen-bond donors (Lipinski definition) is 1. The fraction of sp³-hybridized carbons (Fsp3) is 0.500. The lowest BCUT2D eigenvalue weighted by Crippen LogP contribution is -2.33.